The van der Waals surface area contributed by atoms with E-state index in [0.29, 0.717) is 15.7 Å². The molecule has 25 heavy (non-hydrogen) atoms. The zero-order valence-corrected chi connectivity index (χ0v) is 16.3. The van der Waals surface area contributed by atoms with Gasteiger partial charge in [0.25, 0.3) is 5.91 Å². The van der Waals surface area contributed by atoms with Crippen molar-refractivity contribution < 1.29 is 4.79 Å². The molecule has 0 aliphatic rings. The van der Waals surface area contributed by atoms with Crippen molar-refractivity contribution >= 4 is 61.5 Å². The number of nitrogens with zero attached hydrogens (tertiary/aromatic N) is 1. The monoisotopic (exact) mass is 389 g/mol. The highest BCUT2D eigenvalue weighted by Gasteiger charge is 2.13. The van der Waals surface area contributed by atoms with E-state index in [2.05, 4.69) is 34.7 Å². The maximum absolute atomic E-state index is 12.3. The van der Waals surface area contributed by atoms with Gasteiger partial charge in [-0.2, -0.15) is 0 Å². The van der Waals surface area contributed by atoms with Gasteiger partial charge in [0, 0.05) is 0 Å². The number of rotatable bonds is 2. The minimum absolute atomic E-state index is 0.190. The van der Waals surface area contributed by atoms with Crippen LogP contribution in [0, 0.1) is 20.8 Å². The summed E-state index contributed by atoms with van der Waals surface area (Å²) in [4.78, 5) is 16.9. The van der Waals surface area contributed by atoms with Crippen LogP contribution in [0.5, 0.6) is 0 Å². The van der Waals surface area contributed by atoms with E-state index in [1.807, 2.05) is 19.9 Å². The molecule has 3 rings (SSSR count). The second-order valence-corrected chi connectivity index (χ2v) is 7.69. The van der Waals surface area contributed by atoms with Gasteiger partial charge in [0.2, 0.25) is 0 Å². The third kappa shape index (κ3) is 3.98. The van der Waals surface area contributed by atoms with Crippen molar-refractivity contribution in [2.45, 2.75) is 20.8 Å². The normalized spacial score (nSPS) is 10.7. The fraction of sp³-hybridized carbons (Fsp3) is 0.167. The Balaban J connectivity index is 1.74. The third-order valence-corrected chi connectivity index (χ3v) is 5.08. The number of anilines is 1. The Kier molecular flexibility index (Phi) is 5.03. The highest BCUT2D eigenvalue weighted by Crippen LogP contribution is 2.29. The summed E-state index contributed by atoms with van der Waals surface area (Å²) in [7, 11) is 0. The zero-order valence-electron chi connectivity index (χ0n) is 13.9. The summed E-state index contributed by atoms with van der Waals surface area (Å²) in [6.45, 7) is 5.99. The molecular formula is C18H16ClN3OS2. The molecule has 0 spiro atoms. The number of carbonyl (C=O) groups excluding carboxylic acids is 1. The van der Waals surface area contributed by atoms with Crippen molar-refractivity contribution in [3.05, 3.63) is 57.6 Å². The Morgan fingerprint density at radius 3 is 2.64 bits per heavy atom. The lowest BCUT2D eigenvalue weighted by Crippen LogP contribution is -2.34. The molecule has 0 fully saturated rings. The Bertz CT molecular complexity index is 997. The maximum Gasteiger partial charge on any atom is 0.258 e. The summed E-state index contributed by atoms with van der Waals surface area (Å²) < 4.78 is 1.08. The number of benzene rings is 2. The summed E-state index contributed by atoms with van der Waals surface area (Å²) in [5.74, 6) is -0.351. The molecule has 1 aromatic heterocycles. The third-order valence-electron chi connectivity index (χ3n) is 3.65. The van der Waals surface area contributed by atoms with Crippen LogP contribution in [0.4, 0.5) is 5.13 Å². The van der Waals surface area contributed by atoms with Crippen LogP contribution in [0.2, 0.25) is 5.02 Å². The number of hydrogen-bond acceptors (Lipinski definition) is 4. The molecule has 0 unspecified atom stereocenters. The quantitative estimate of drug-likeness (QED) is 0.605. The summed E-state index contributed by atoms with van der Waals surface area (Å²) in [5, 5.41) is 6.84. The average Bonchev–Trinajstić information content (AvgIpc) is 2.89. The maximum atomic E-state index is 12.3. The molecule has 0 saturated carbocycles. The van der Waals surface area contributed by atoms with Crippen LogP contribution in [-0.4, -0.2) is 16.0 Å². The number of nitrogens with one attached hydrogen (secondary N) is 2. The lowest BCUT2D eigenvalue weighted by Gasteiger charge is -2.08. The number of hydrogen-bond donors (Lipinski definition) is 2. The molecule has 7 heteroatoms. The number of thiazole rings is 1. The molecule has 0 aliphatic carbocycles. The second-order valence-electron chi connectivity index (χ2n) is 5.84. The Labute approximate surface area is 160 Å². The van der Waals surface area contributed by atoms with Crippen molar-refractivity contribution in [1.29, 1.82) is 0 Å². The Morgan fingerprint density at radius 1 is 1.16 bits per heavy atom. The van der Waals surface area contributed by atoms with Crippen LogP contribution in [0.3, 0.4) is 0 Å². The molecule has 1 amide bonds. The highest BCUT2D eigenvalue weighted by molar-refractivity contribution is 7.80. The first kappa shape index (κ1) is 17.8. The first-order chi connectivity index (χ1) is 11.8. The van der Waals surface area contributed by atoms with Crippen LogP contribution >= 0.6 is 35.2 Å². The number of halogens is 1. The van der Waals surface area contributed by atoms with Gasteiger partial charge in [0.15, 0.2) is 10.2 Å². The molecule has 0 aliphatic heterocycles. The number of aromatic nitrogens is 1. The predicted molar refractivity (Wildman–Crippen MR) is 109 cm³/mol. The van der Waals surface area contributed by atoms with Gasteiger partial charge in [-0.3, -0.25) is 10.1 Å². The van der Waals surface area contributed by atoms with Gasteiger partial charge < -0.3 is 5.32 Å². The predicted octanol–water partition coefficient (Wildman–Crippen LogP) is 5.00. The van der Waals surface area contributed by atoms with E-state index >= 15 is 0 Å². The standard InChI is InChI=1S/C18H16ClN3OS2/c1-9-4-5-12(13(19)7-9)16(23)21-17(24)22-18-20-15-11(3)6-10(2)8-14(15)25-18/h4-8H,1-3H3,(H2,20,21,22,23,24). The summed E-state index contributed by atoms with van der Waals surface area (Å²) in [6, 6.07) is 9.42. The summed E-state index contributed by atoms with van der Waals surface area (Å²) in [5.41, 5.74) is 4.61. The van der Waals surface area contributed by atoms with Gasteiger partial charge in [-0.1, -0.05) is 35.1 Å². The van der Waals surface area contributed by atoms with E-state index < -0.39 is 0 Å². The van der Waals surface area contributed by atoms with Gasteiger partial charge >= 0.3 is 0 Å². The van der Waals surface area contributed by atoms with Gasteiger partial charge in [0.05, 0.1) is 20.8 Å². The van der Waals surface area contributed by atoms with Crippen molar-refractivity contribution in [3.8, 4) is 0 Å². The van der Waals surface area contributed by atoms with Crippen LogP contribution in [0.1, 0.15) is 27.0 Å². The zero-order chi connectivity index (χ0) is 18.1. The first-order valence-electron chi connectivity index (χ1n) is 7.60. The SMILES string of the molecule is Cc1ccc(C(=O)NC(=S)Nc2nc3c(C)cc(C)cc3s2)c(Cl)c1. The second kappa shape index (κ2) is 7.07. The molecule has 0 radical (unpaired) electrons. The van der Waals surface area contributed by atoms with E-state index in [4.69, 9.17) is 23.8 Å². The first-order valence-corrected chi connectivity index (χ1v) is 9.20. The van der Waals surface area contributed by atoms with Crippen LogP contribution in [0.15, 0.2) is 30.3 Å². The molecule has 0 saturated heterocycles. The van der Waals surface area contributed by atoms with Crippen molar-refractivity contribution in [2.24, 2.45) is 0 Å². The number of carbonyl (C=O) groups is 1. The molecule has 1 heterocycles. The van der Waals surface area contributed by atoms with E-state index in [0.717, 1.165) is 21.3 Å². The van der Waals surface area contributed by atoms with Crippen LogP contribution in [-0.2, 0) is 0 Å². The molecule has 0 bridgehead atoms. The topological polar surface area (TPSA) is 54.0 Å². The molecule has 4 nitrogen and oxygen atoms in total. The van der Waals surface area contributed by atoms with Crippen molar-refractivity contribution in [3.63, 3.8) is 0 Å². The lowest BCUT2D eigenvalue weighted by atomic mass is 10.1. The van der Waals surface area contributed by atoms with Crippen LogP contribution in [0.25, 0.3) is 10.2 Å². The molecular weight excluding hydrogens is 374 g/mol. The number of thiocarbonyl (C=S) groups is 1. The number of amides is 1. The van der Waals surface area contributed by atoms with Gasteiger partial charge in [0.1, 0.15) is 0 Å². The van der Waals surface area contributed by atoms with E-state index in [-0.39, 0.29) is 11.0 Å². The highest BCUT2D eigenvalue weighted by atomic mass is 35.5. The Hall–Kier alpha value is -2.02. The van der Waals surface area contributed by atoms with E-state index in [1.54, 1.807) is 12.1 Å². The smallest absolute Gasteiger partial charge is 0.258 e. The van der Waals surface area contributed by atoms with Gasteiger partial charge in [-0.05, 0) is 67.9 Å². The molecule has 3 aromatic rings. The van der Waals surface area contributed by atoms with Crippen molar-refractivity contribution in [1.82, 2.24) is 10.3 Å². The summed E-state index contributed by atoms with van der Waals surface area (Å²) >= 11 is 12.8. The minimum atomic E-state index is -0.351. The fourth-order valence-corrected chi connectivity index (χ4v) is 4.15. The van der Waals surface area contributed by atoms with Gasteiger partial charge in [-0.25, -0.2) is 4.98 Å². The number of aryl methyl sites for hydroxylation is 3. The largest absolute Gasteiger partial charge is 0.308 e. The molecule has 0 atom stereocenters. The fourth-order valence-electron chi connectivity index (χ4n) is 2.53. The minimum Gasteiger partial charge on any atom is -0.308 e. The molecule has 128 valence electrons. The van der Waals surface area contributed by atoms with E-state index in [1.165, 1.54) is 16.9 Å². The van der Waals surface area contributed by atoms with Crippen molar-refractivity contribution in [2.75, 3.05) is 5.32 Å². The van der Waals surface area contributed by atoms with Crippen LogP contribution < -0.4 is 10.6 Å². The molecule has 2 aromatic carbocycles. The Morgan fingerprint density at radius 2 is 1.92 bits per heavy atom. The lowest BCUT2D eigenvalue weighted by molar-refractivity contribution is 0.0978. The summed E-state index contributed by atoms with van der Waals surface area (Å²) in [6.07, 6.45) is 0. The van der Waals surface area contributed by atoms with E-state index in [9.17, 15) is 4.79 Å². The number of fused-ring (bicyclic) bond motifs is 1. The molecule has 2 N–H and O–H groups in total. The van der Waals surface area contributed by atoms with Gasteiger partial charge in [-0.15, -0.1) is 0 Å². The average molecular weight is 390 g/mol.